The number of hydrogen-bond donors (Lipinski definition) is 2. The van der Waals surface area contributed by atoms with Gasteiger partial charge in [-0.15, -0.1) is 0 Å². The molecule has 58 valence electrons. The topological polar surface area (TPSA) is 58.6 Å². The van der Waals surface area contributed by atoms with Crippen molar-refractivity contribution in [3.8, 4) is 0 Å². The number of carbonyl (C=O) groups excluding carboxylic acids is 1. The summed E-state index contributed by atoms with van der Waals surface area (Å²) < 4.78 is 5.12. The molecule has 0 saturated carbocycles. The molecule has 1 fully saturated rings. The molecule has 1 heterocycles. The van der Waals surface area contributed by atoms with Crippen LogP contribution in [0.5, 0.6) is 0 Å². The lowest BCUT2D eigenvalue weighted by atomic mass is 10.2. The molecule has 1 rings (SSSR count). The van der Waals surface area contributed by atoms with Gasteiger partial charge in [0.2, 0.25) is 5.91 Å². The highest BCUT2D eigenvalue weighted by atomic mass is 16.5. The Bertz CT molecular complexity index is 129. The number of hydrogen-bond acceptors (Lipinski definition) is 3. The number of rotatable bonds is 3. The van der Waals surface area contributed by atoms with E-state index in [1.165, 1.54) is 0 Å². The van der Waals surface area contributed by atoms with Crippen molar-refractivity contribution in [2.45, 2.75) is 25.7 Å². The first-order valence-corrected chi connectivity index (χ1v) is 3.28. The Hall–Kier alpha value is -0.610. The van der Waals surface area contributed by atoms with Gasteiger partial charge in [0.25, 0.3) is 0 Å². The van der Waals surface area contributed by atoms with Crippen molar-refractivity contribution in [2.75, 3.05) is 6.61 Å². The van der Waals surface area contributed by atoms with Crippen molar-refractivity contribution in [3.05, 3.63) is 0 Å². The highest BCUT2D eigenvalue weighted by Crippen LogP contribution is 2.07. The van der Waals surface area contributed by atoms with E-state index < -0.39 is 0 Å². The average Bonchev–Trinajstić information content (AvgIpc) is 1.84. The normalized spacial score (nSPS) is 27.0. The second kappa shape index (κ2) is 2.98. The van der Waals surface area contributed by atoms with E-state index in [-0.39, 0.29) is 24.8 Å². The molecular formula is C6H11NO3. The fraction of sp³-hybridized carbons (Fsp3) is 0.833. The van der Waals surface area contributed by atoms with Crippen molar-refractivity contribution in [3.63, 3.8) is 0 Å². The zero-order valence-corrected chi connectivity index (χ0v) is 5.83. The summed E-state index contributed by atoms with van der Waals surface area (Å²) in [6, 6.07) is 0. The Morgan fingerprint density at radius 3 is 3.00 bits per heavy atom. The molecule has 0 aromatic carbocycles. The second-order valence-corrected chi connectivity index (χ2v) is 2.39. The summed E-state index contributed by atoms with van der Waals surface area (Å²) in [6.45, 7) is 1.75. The molecule has 2 N–H and O–H groups in total. The lowest BCUT2D eigenvalue weighted by molar-refractivity contribution is -0.146. The quantitative estimate of drug-likeness (QED) is 0.513. The third-order valence-electron chi connectivity index (χ3n) is 1.35. The molecule has 0 aromatic heterocycles. The van der Waals surface area contributed by atoms with Crippen molar-refractivity contribution in [1.29, 1.82) is 0 Å². The molecule has 10 heavy (non-hydrogen) atoms. The second-order valence-electron chi connectivity index (χ2n) is 2.39. The molecule has 0 radical (unpaired) electrons. The molecule has 1 aliphatic heterocycles. The van der Waals surface area contributed by atoms with E-state index in [2.05, 4.69) is 5.32 Å². The Balaban J connectivity index is 2.10. The van der Waals surface area contributed by atoms with Crippen LogP contribution in [0.3, 0.4) is 0 Å². The number of amides is 1. The van der Waals surface area contributed by atoms with Gasteiger partial charge in [0.1, 0.15) is 6.23 Å². The van der Waals surface area contributed by atoms with Crippen LogP contribution in [-0.2, 0) is 9.53 Å². The van der Waals surface area contributed by atoms with Gasteiger partial charge in [-0.3, -0.25) is 4.79 Å². The van der Waals surface area contributed by atoms with Crippen LogP contribution < -0.4 is 5.32 Å². The van der Waals surface area contributed by atoms with E-state index in [4.69, 9.17) is 9.84 Å². The fourth-order valence-corrected chi connectivity index (χ4v) is 0.732. The van der Waals surface area contributed by atoms with E-state index in [9.17, 15) is 4.79 Å². The maximum Gasteiger partial charge on any atom is 0.226 e. The Morgan fingerprint density at radius 1 is 2.00 bits per heavy atom. The minimum absolute atomic E-state index is 0.00757. The molecule has 1 saturated heterocycles. The van der Waals surface area contributed by atoms with Crippen molar-refractivity contribution in [1.82, 2.24) is 5.32 Å². The summed E-state index contributed by atoms with van der Waals surface area (Å²) in [5, 5.41) is 11.1. The Labute approximate surface area is 59.2 Å². The molecule has 2 unspecified atom stereocenters. The minimum Gasteiger partial charge on any atom is -0.394 e. The average molecular weight is 145 g/mol. The number of nitrogens with one attached hydrogen (secondary N) is 1. The highest BCUT2D eigenvalue weighted by molar-refractivity contribution is 5.82. The molecule has 1 amide bonds. The molecular weight excluding hydrogens is 134 g/mol. The van der Waals surface area contributed by atoms with Gasteiger partial charge < -0.3 is 15.2 Å². The van der Waals surface area contributed by atoms with Crippen LogP contribution in [0, 0.1) is 0 Å². The third kappa shape index (κ3) is 1.68. The van der Waals surface area contributed by atoms with Gasteiger partial charge in [-0.2, -0.15) is 0 Å². The maximum absolute atomic E-state index is 10.3. The zero-order chi connectivity index (χ0) is 7.56. The summed E-state index contributed by atoms with van der Waals surface area (Å²) in [7, 11) is 0. The first kappa shape index (κ1) is 7.50. The molecule has 0 aliphatic carbocycles. The lowest BCUT2D eigenvalue weighted by Crippen LogP contribution is -2.51. The predicted molar refractivity (Wildman–Crippen MR) is 34.2 cm³/mol. The highest BCUT2D eigenvalue weighted by Gasteiger charge is 2.26. The number of aliphatic hydroxyl groups excluding tert-OH is 1. The predicted octanol–water partition coefficient (Wildman–Crippen LogP) is -0.770. The first-order chi connectivity index (χ1) is 4.72. The Kier molecular flexibility index (Phi) is 2.24. The van der Waals surface area contributed by atoms with Gasteiger partial charge in [0.05, 0.1) is 19.1 Å². The largest absolute Gasteiger partial charge is 0.394 e. The van der Waals surface area contributed by atoms with Crippen LogP contribution in [0.25, 0.3) is 0 Å². The molecule has 0 bridgehead atoms. The van der Waals surface area contributed by atoms with E-state index in [1.807, 2.05) is 0 Å². The molecule has 0 aromatic rings. The standard InChI is InChI=1S/C6H11NO3/c1-4(3-8)10-6-2-5(9)7-6/h4,6,8H,2-3H2,1H3,(H,7,9). The van der Waals surface area contributed by atoms with Crippen molar-refractivity contribution in [2.24, 2.45) is 0 Å². The van der Waals surface area contributed by atoms with Crippen molar-refractivity contribution < 1.29 is 14.6 Å². The number of aliphatic hydroxyl groups is 1. The zero-order valence-electron chi connectivity index (χ0n) is 5.83. The first-order valence-electron chi connectivity index (χ1n) is 3.28. The van der Waals surface area contributed by atoms with E-state index in [0.29, 0.717) is 6.42 Å². The monoisotopic (exact) mass is 145 g/mol. The SMILES string of the molecule is CC(CO)OC1CC(=O)N1. The molecule has 4 heteroatoms. The maximum atomic E-state index is 10.3. The van der Waals surface area contributed by atoms with Gasteiger partial charge >= 0.3 is 0 Å². The van der Waals surface area contributed by atoms with Crippen LogP contribution in [0.2, 0.25) is 0 Å². The van der Waals surface area contributed by atoms with Gasteiger partial charge in [0.15, 0.2) is 0 Å². The summed E-state index contributed by atoms with van der Waals surface area (Å²) in [5.74, 6) is 0.00939. The molecule has 4 nitrogen and oxygen atoms in total. The molecule has 2 atom stereocenters. The smallest absolute Gasteiger partial charge is 0.226 e. The van der Waals surface area contributed by atoms with Crippen LogP contribution in [0.1, 0.15) is 13.3 Å². The minimum atomic E-state index is -0.189. The number of β-lactam (4-membered cyclic amide) rings is 1. The third-order valence-corrected chi connectivity index (χ3v) is 1.35. The molecule has 0 spiro atoms. The van der Waals surface area contributed by atoms with Crippen molar-refractivity contribution >= 4 is 5.91 Å². The van der Waals surface area contributed by atoms with E-state index in [1.54, 1.807) is 6.92 Å². The van der Waals surface area contributed by atoms with Gasteiger partial charge in [-0.25, -0.2) is 0 Å². The Morgan fingerprint density at radius 2 is 2.60 bits per heavy atom. The summed E-state index contributed by atoms with van der Waals surface area (Å²) in [4.78, 5) is 10.3. The lowest BCUT2D eigenvalue weighted by Gasteiger charge is -2.28. The van der Waals surface area contributed by atoms with Gasteiger partial charge in [-0.05, 0) is 6.92 Å². The van der Waals surface area contributed by atoms with E-state index in [0.717, 1.165) is 0 Å². The van der Waals surface area contributed by atoms with Gasteiger partial charge in [0, 0.05) is 0 Å². The van der Waals surface area contributed by atoms with Crippen LogP contribution in [0.4, 0.5) is 0 Å². The number of carbonyl (C=O) groups is 1. The summed E-state index contributed by atoms with van der Waals surface area (Å²) in [5.41, 5.74) is 0. The summed E-state index contributed by atoms with van der Waals surface area (Å²) in [6.07, 6.45) is 0.0601. The van der Waals surface area contributed by atoms with Crippen LogP contribution >= 0.6 is 0 Å². The fourth-order valence-electron chi connectivity index (χ4n) is 0.732. The summed E-state index contributed by atoms with van der Waals surface area (Å²) >= 11 is 0. The van der Waals surface area contributed by atoms with Gasteiger partial charge in [-0.1, -0.05) is 0 Å². The number of ether oxygens (including phenoxy) is 1. The van der Waals surface area contributed by atoms with E-state index >= 15 is 0 Å². The molecule has 1 aliphatic rings. The van der Waals surface area contributed by atoms with Crippen LogP contribution in [-0.4, -0.2) is 30.0 Å². The van der Waals surface area contributed by atoms with Crippen LogP contribution in [0.15, 0.2) is 0 Å².